The fourth-order valence-corrected chi connectivity index (χ4v) is 3.60. The molecule has 0 radical (unpaired) electrons. The largest absolute Gasteiger partial charge is 0.311 e. The van der Waals surface area contributed by atoms with Gasteiger partial charge in [0.05, 0.1) is 0 Å². The second kappa shape index (κ2) is 7.39. The summed E-state index contributed by atoms with van der Waals surface area (Å²) in [6.07, 6.45) is 7.31. The van der Waals surface area contributed by atoms with Gasteiger partial charge in [-0.2, -0.15) is 0 Å². The first-order valence-corrected chi connectivity index (χ1v) is 7.86. The summed E-state index contributed by atoms with van der Waals surface area (Å²) in [5.74, 6) is 1.81. The third-order valence-electron chi connectivity index (χ3n) is 3.13. The molecule has 0 spiro atoms. The summed E-state index contributed by atoms with van der Waals surface area (Å²) in [6, 6.07) is 1.32. The van der Waals surface area contributed by atoms with Crippen molar-refractivity contribution in [3.63, 3.8) is 0 Å². The lowest BCUT2D eigenvalue weighted by atomic mass is 10.0. The van der Waals surface area contributed by atoms with Crippen LogP contribution in [0.5, 0.6) is 0 Å². The molecule has 0 amide bonds. The number of hydrogen-bond acceptors (Lipinski definition) is 2. The molecule has 1 aliphatic rings. The first-order valence-electron chi connectivity index (χ1n) is 6.37. The van der Waals surface area contributed by atoms with E-state index in [0.29, 0.717) is 12.1 Å². The quantitative estimate of drug-likeness (QED) is 0.761. The molecule has 1 aliphatic heterocycles. The highest BCUT2D eigenvalue weighted by atomic mass is 32.2. The highest BCUT2D eigenvalue weighted by Gasteiger charge is 2.19. The molecular formula is C12H25NOS. The van der Waals surface area contributed by atoms with Gasteiger partial charge in [0.1, 0.15) is 0 Å². The summed E-state index contributed by atoms with van der Waals surface area (Å²) < 4.78 is 11.2. The minimum Gasteiger partial charge on any atom is -0.311 e. The molecule has 0 saturated carbocycles. The Labute approximate surface area is 96.7 Å². The Morgan fingerprint density at radius 3 is 2.20 bits per heavy atom. The van der Waals surface area contributed by atoms with Crippen molar-refractivity contribution >= 4 is 10.8 Å². The van der Waals surface area contributed by atoms with Crippen LogP contribution in [0, 0.1) is 0 Å². The van der Waals surface area contributed by atoms with E-state index in [1.165, 1.54) is 25.7 Å². The van der Waals surface area contributed by atoms with Crippen LogP contribution in [0.25, 0.3) is 0 Å². The Hall–Kier alpha value is 0.110. The molecule has 15 heavy (non-hydrogen) atoms. The van der Waals surface area contributed by atoms with Crippen LogP contribution in [0.15, 0.2) is 0 Å². The van der Waals surface area contributed by atoms with Gasteiger partial charge >= 0.3 is 0 Å². The van der Waals surface area contributed by atoms with Crippen LogP contribution in [0.3, 0.4) is 0 Å². The van der Waals surface area contributed by atoms with Gasteiger partial charge < -0.3 is 5.32 Å². The SMILES string of the molecule is CCCC(CCC)NC1CCS(=O)CC1. The zero-order valence-electron chi connectivity index (χ0n) is 10.1. The monoisotopic (exact) mass is 231 g/mol. The Bertz CT molecular complexity index is 180. The second-order valence-corrected chi connectivity index (χ2v) is 6.26. The number of nitrogens with one attached hydrogen (secondary N) is 1. The van der Waals surface area contributed by atoms with Gasteiger partial charge in [-0.05, 0) is 25.7 Å². The third-order valence-corrected chi connectivity index (χ3v) is 4.52. The maximum atomic E-state index is 11.2. The molecule has 1 rings (SSSR count). The molecule has 1 N–H and O–H groups in total. The van der Waals surface area contributed by atoms with Crippen molar-refractivity contribution < 1.29 is 4.21 Å². The highest BCUT2D eigenvalue weighted by Crippen LogP contribution is 2.13. The van der Waals surface area contributed by atoms with Crippen LogP contribution in [-0.2, 0) is 10.8 Å². The molecule has 90 valence electrons. The van der Waals surface area contributed by atoms with E-state index in [1.54, 1.807) is 0 Å². The summed E-state index contributed by atoms with van der Waals surface area (Å²) >= 11 is 0. The maximum Gasteiger partial charge on any atom is 0.0249 e. The summed E-state index contributed by atoms with van der Waals surface area (Å²) in [7, 11) is -0.523. The molecule has 0 aromatic carbocycles. The molecule has 0 bridgehead atoms. The van der Waals surface area contributed by atoms with Crippen molar-refractivity contribution in [1.82, 2.24) is 5.32 Å². The van der Waals surface area contributed by atoms with Crippen molar-refractivity contribution in [2.75, 3.05) is 11.5 Å². The Morgan fingerprint density at radius 2 is 1.73 bits per heavy atom. The Morgan fingerprint density at radius 1 is 1.20 bits per heavy atom. The zero-order valence-corrected chi connectivity index (χ0v) is 10.9. The van der Waals surface area contributed by atoms with Gasteiger partial charge in [-0.1, -0.05) is 26.7 Å². The minimum absolute atomic E-state index is 0.523. The molecule has 0 atom stereocenters. The van der Waals surface area contributed by atoms with Crippen molar-refractivity contribution in [2.45, 2.75) is 64.5 Å². The van der Waals surface area contributed by atoms with Gasteiger partial charge in [-0.15, -0.1) is 0 Å². The van der Waals surface area contributed by atoms with E-state index in [9.17, 15) is 4.21 Å². The third kappa shape index (κ3) is 5.12. The van der Waals surface area contributed by atoms with Gasteiger partial charge in [0.25, 0.3) is 0 Å². The summed E-state index contributed by atoms with van der Waals surface area (Å²) in [4.78, 5) is 0. The predicted molar refractivity (Wildman–Crippen MR) is 67.6 cm³/mol. The Balaban J connectivity index is 2.27. The average molecular weight is 231 g/mol. The van der Waals surface area contributed by atoms with Crippen molar-refractivity contribution in [2.24, 2.45) is 0 Å². The van der Waals surface area contributed by atoms with E-state index < -0.39 is 10.8 Å². The number of rotatable bonds is 6. The molecule has 2 nitrogen and oxygen atoms in total. The normalized spacial score (nSPS) is 27.1. The molecule has 0 aliphatic carbocycles. The van der Waals surface area contributed by atoms with Crippen LogP contribution in [0.2, 0.25) is 0 Å². The smallest absolute Gasteiger partial charge is 0.0249 e. The molecule has 0 aromatic heterocycles. The van der Waals surface area contributed by atoms with Gasteiger partial charge in [-0.25, -0.2) is 0 Å². The van der Waals surface area contributed by atoms with E-state index in [2.05, 4.69) is 19.2 Å². The van der Waals surface area contributed by atoms with E-state index in [1.807, 2.05) is 0 Å². The van der Waals surface area contributed by atoms with E-state index in [-0.39, 0.29) is 0 Å². The lowest BCUT2D eigenvalue weighted by molar-refractivity contribution is 0.367. The Kier molecular flexibility index (Phi) is 6.50. The molecule has 0 unspecified atom stereocenters. The zero-order chi connectivity index (χ0) is 11.1. The highest BCUT2D eigenvalue weighted by molar-refractivity contribution is 7.85. The van der Waals surface area contributed by atoms with Gasteiger partial charge in [0.2, 0.25) is 0 Å². The molecule has 0 aromatic rings. The molecule has 1 saturated heterocycles. The first kappa shape index (κ1) is 13.2. The van der Waals surface area contributed by atoms with Crippen LogP contribution in [0.4, 0.5) is 0 Å². The lowest BCUT2D eigenvalue weighted by Crippen LogP contribution is -2.42. The average Bonchev–Trinajstić information content (AvgIpc) is 2.22. The molecule has 1 fully saturated rings. The van der Waals surface area contributed by atoms with E-state index >= 15 is 0 Å². The van der Waals surface area contributed by atoms with Crippen LogP contribution in [0.1, 0.15) is 52.4 Å². The van der Waals surface area contributed by atoms with Crippen molar-refractivity contribution in [3.8, 4) is 0 Å². The molecule has 3 heteroatoms. The fraction of sp³-hybridized carbons (Fsp3) is 1.00. The van der Waals surface area contributed by atoms with Gasteiger partial charge in [0.15, 0.2) is 0 Å². The fourth-order valence-electron chi connectivity index (χ4n) is 2.30. The standard InChI is InChI=1S/C12H25NOS/c1-3-5-11(6-4-2)13-12-7-9-15(14)10-8-12/h11-13H,3-10H2,1-2H3. The van der Waals surface area contributed by atoms with Crippen LogP contribution < -0.4 is 5.32 Å². The van der Waals surface area contributed by atoms with E-state index in [4.69, 9.17) is 0 Å². The van der Waals surface area contributed by atoms with Crippen LogP contribution >= 0.6 is 0 Å². The van der Waals surface area contributed by atoms with Crippen LogP contribution in [-0.4, -0.2) is 27.8 Å². The van der Waals surface area contributed by atoms with E-state index in [0.717, 1.165) is 24.3 Å². The first-order chi connectivity index (χ1) is 7.26. The lowest BCUT2D eigenvalue weighted by Gasteiger charge is -2.28. The van der Waals surface area contributed by atoms with Gasteiger partial charge in [-0.3, -0.25) is 4.21 Å². The maximum absolute atomic E-state index is 11.2. The minimum atomic E-state index is -0.523. The predicted octanol–water partition coefficient (Wildman–Crippen LogP) is 2.46. The summed E-state index contributed by atoms with van der Waals surface area (Å²) in [5, 5.41) is 3.74. The summed E-state index contributed by atoms with van der Waals surface area (Å²) in [6.45, 7) is 4.50. The molecule has 1 heterocycles. The summed E-state index contributed by atoms with van der Waals surface area (Å²) in [5.41, 5.74) is 0. The van der Waals surface area contributed by atoms with Gasteiger partial charge in [0, 0.05) is 34.4 Å². The number of hydrogen-bond donors (Lipinski definition) is 1. The van der Waals surface area contributed by atoms with Crippen molar-refractivity contribution in [3.05, 3.63) is 0 Å². The van der Waals surface area contributed by atoms with Crippen molar-refractivity contribution in [1.29, 1.82) is 0 Å². The second-order valence-electron chi connectivity index (χ2n) is 4.56. The topological polar surface area (TPSA) is 29.1 Å². The molecular weight excluding hydrogens is 206 g/mol.